The first-order chi connectivity index (χ1) is 7.95. The third-order valence-electron chi connectivity index (χ3n) is 1.77. The first-order valence-corrected chi connectivity index (χ1v) is 4.64. The van der Waals surface area contributed by atoms with Gasteiger partial charge in [-0.25, -0.2) is 18.0 Å². The molecule has 0 N–H and O–H groups in total. The zero-order valence-electron chi connectivity index (χ0n) is 8.77. The number of esters is 1. The van der Waals surface area contributed by atoms with Crippen LogP contribution in [0.1, 0.15) is 12.5 Å². The molecule has 2 nitrogen and oxygen atoms in total. The van der Waals surface area contributed by atoms with E-state index in [2.05, 4.69) is 4.74 Å². The Hall–Kier alpha value is -1.85. The van der Waals surface area contributed by atoms with Crippen molar-refractivity contribution in [3.8, 4) is 0 Å². The van der Waals surface area contributed by atoms with Crippen LogP contribution >= 0.6 is 0 Å². The molecular formula is C11H8F4O2. The lowest BCUT2D eigenvalue weighted by atomic mass is 10.2. The Morgan fingerprint density at radius 3 is 2.29 bits per heavy atom. The van der Waals surface area contributed by atoms with Crippen LogP contribution in [0.3, 0.4) is 0 Å². The highest BCUT2D eigenvalue weighted by Gasteiger charge is 2.13. The van der Waals surface area contributed by atoms with Crippen molar-refractivity contribution in [2.24, 2.45) is 0 Å². The Bertz CT molecular complexity index is 446. The highest BCUT2D eigenvalue weighted by Crippen LogP contribution is 2.16. The largest absolute Gasteiger partial charge is 0.461 e. The topological polar surface area (TPSA) is 26.3 Å². The lowest BCUT2D eigenvalue weighted by Gasteiger charge is -2.00. The van der Waals surface area contributed by atoms with Gasteiger partial charge in [0.05, 0.1) is 6.61 Å². The zero-order chi connectivity index (χ0) is 13.0. The van der Waals surface area contributed by atoms with E-state index in [0.29, 0.717) is 18.2 Å². The minimum Gasteiger partial charge on any atom is -0.461 e. The molecule has 0 fully saturated rings. The van der Waals surface area contributed by atoms with Gasteiger partial charge in [0.15, 0.2) is 17.5 Å². The smallest absolute Gasteiger partial charge is 0.367 e. The summed E-state index contributed by atoms with van der Waals surface area (Å²) in [6, 6.07) is 1.13. The molecule has 0 unspecified atom stereocenters. The number of carbonyl (C=O) groups excluding carboxylic acids is 1. The van der Waals surface area contributed by atoms with Gasteiger partial charge in [-0.3, -0.25) is 0 Å². The van der Waals surface area contributed by atoms with E-state index in [1.54, 1.807) is 0 Å². The van der Waals surface area contributed by atoms with Crippen LogP contribution in [0.4, 0.5) is 17.6 Å². The Morgan fingerprint density at radius 1 is 1.29 bits per heavy atom. The summed E-state index contributed by atoms with van der Waals surface area (Å²) in [5.74, 6) is -7.16. The maximum Gasteiger partial charge on any atom is 0.367 e. The van der Waals surface area contributed by atoms with Crippen molar-refractivity contribution in [3.63, 3.8) is 0 Å². The average Bonchev–Trinajstić information content (AvgIpc) is 2.26. The number of hydrogen-bond donors (Lipinski definition) is 0. The molecule has 0 atom stereocenters. The number of benzene rings is 1. The van der Waals surface area contributed by atoms with Gasteiger partial charge >= 0.3 is 5.97 Å². The summed E-state index contributed by atoms with van der Waals surface area (Å²) in [5.41, 5.74) is -0.313. The zero-order valence-corrected chi connectivity index (χ0v) is 8.77. The number of halogens is 4. The fraction of sp³-hybridized carbons (Fsp3) is 0.182. The fourth-order valence-corrected chi connectivity index (χ4v) is 1.06. The van der Waals surface area contributed by atoms with Crippen LogP contribution in [0, 0.1) is 17.5 Å². The lowest BCUT2D eigenvalue weighted by Crippen LogP contribution is -2.04. The van der Waals surface area contributed by atoms with E-state index < -0.39 is 29.2 Å². The van der Waals surface area contributed by atoms with Crippen molar-refractivity contribution in [3.05, 3.63) is 41.0 Å². The molecule has 0 spiro atoms. The molecule has 0 saturated carbocycles. The van der Waals surface area contributed by atoms with Crippen LogP contribution in [0.25, 0.3) is 6.08 Å². The van der Waals surface area contributed by atoms with E-state index in [4.69, 9.17) is 0 Å². The molecule has 0 radical (unpaired) electrons. The molecule has 0 bridgehead atoms. The van der Waals surface area contributed by atoms with Gasteiger partial charge in [-0.1, -0.05) is 0 Å². The quantitative estimate of drug-likeness (QED) is 0.356. The molecule has 6 heteroatoms. The van der Waals surface area contributed by atoms with Crippen molar-refractivity contribution in [2.45, 2.75) is 6.92 Å². The van der Waals surface area contributed by atoms with Gasteiger partial charge in [0.2, 0.25) is 5.83 Å². The summed E-state index contributed by atoms with van der Waals surface area (Å²) in [5, 5.41) is 0. The SMILES string of the molecule is CCOC(=O)C(F)=Cc1cc(F)c(F)c(F)c1. The van der Waals surface area contributed by atoms with Crippen LogP contribution < -0.4 is 0 Å². The molecule has 92 valence electrons. The first kappa shape index (κ1) is 13.2. The molecule has 0 aliphatic carbocycles. The van der Waals surface area contributed by atoms with Gasteiger partial charge < -0.3 is 4.74 Å². The van der Waals surface area contributed by atoms with Gasteiger partial charge in [0, 0.05) is 0 Å². The van der Waals surface area contributed by atoms with Crippen molar-refractivity contribution >= 4 is 12.0 Å². The summed E-state index contributed by atoms with van der Waals surface area (Å²) < 4.78 is 55.5. The summed E-state index contributed by atoms with van der Waals surface area (Å²) >= 11 is 0. The molecule has 0 aliphatic rings. The Balaban J connectivity index is 3.02. The predicted molar refractivity (Wildman–Crippen MR) is 52.0 cm³/mol. The second-order valence-electron chi connectivity index (χ2n) is 3.01. The monoisotopic (exact) mass is 248 g/mol. The lowest BCUT2D eigenvalue weighted by molar-refractivity contribution is -0.140. The number of ether oxygens (including phenoxy) is 1. The van der Waals surface area contributed by atoms with Gasteiger partial charge in [0.25, 0.3) is 0 Å². The predicted octanol–water partition coefficient (Wildman–Crippen LogP) is 2.98. The van der Waals surface area contributed by atoms with Gasteiger partial charge in [0.1, 0.15) is 0 Å². The standard InChI is InChI=1S/C11H8F4O2/c1-2-17-11(16)9(14)5-6-3-7(12)10(15)8(13)4-6/h3-5H,2H2,1H3. The van der Waals surface area contributed by atoms with E-state index >= 15 is 0 Å². The third kappa shape index (κ3) is 3.30. The highest BCUT2D eigenvalue weighted by molar-refractivity contribution is 5.91. The summed E-state index contributed by atoms with van der Waals surface area (Å²) in [6.07, 6.45) is 0.559. The maximum absolute atomic E-state index is 13.1. The molecule has 0 aliphatic heterocycles. The molecule has 0 aromatic heterocycles. The molecule has 0 amide bonds. The second-order valence-corrected chi connectivity index (χ2v) is 3.01. The van der Waals surface area contributed by atoms with Crippen molar-refractivity contribution in [1.29, 1.82) is 0 Å². The second kappa shape index (κ2) is 5.47. The number of carbonyl (C=O) groups is 1. The van der Waals surface area contributed by atoms with Gasteiger partial charge in [-0.15, -0.1) is 0 Å². The van der Waals surface area contributed by atoms with Crippen molar-refractivity contribution in [2.75, 3.05) is 6.61 Å². The van der Waals surface area contributed by atoms with Crippen LogP contribution in [0.5, 0.6) is 0 Å². The normalized spacial score (nSPS) is 11.5. The van der Waals surface area contributed by atoms with Crippen molar-refractivity contribution in [1.82, 2.24) is 0 Å². The minimum atomic E-state index is -1.65. The average molecular weight is 248 g/mol. The maximum atomic E-state index is 13.1. The molecule has 1 rings (SSSR count). The van der Waals surface area contributed by atoms with E-state index in [-0.39, 0.29) is 12.2 Å². The molecule has 1 aromatic carbocycles. The molecule has 0 saturated heterocycles. The number of rotatable bonds is 3. The molecule has 1 aromatic rings. The van der Waals surface area contributed by atoms with Crippen LogP contribution in [-0.4, -0.2) is 12.6 Å². The Morgan fingerprint density at radius 2 is 1.82 bits per heavy atom. The van der Waals surface area contributed by atoms with E-state index in [0.717, 1.165) is 0 Å². The fourth-order valence-electron chi connectivity index (χ4n) is 1.06. The summed E-state index contributed by atoms with van der Waals surface area (Å²) in [4.78, 5) is 10.9. The molecular weight excluding hydrogens is 240 g/mol. The highest BCUT2D eigenvalue weighted by atomic mass is 19.2. The van der Waals surface area contributed by atoms with Crippen LogP contribution in [0.2, 0.25) is 0 Å². The van der Waals surface area contributed by atoms with Crippen molar-refractivity contribution < 1.29 is 27.1 Å². The molecule has 17 heavy (non-hydrogen) atoms. The minimum absolute atomic E-state index is 0.0355. The Kier molecular flexibility index (Phi) is 4.25. The molecule has 0 heterocycles. The van der Waals surface area contributed by atoms with Gasteiger partial charge in [-0.05, 0) is 30.7 Å². The third-order valence-corrected chi connectivity index (χ3v) is 1.77. The number of hydrogen-bond acceptors (Lipinski definition) is 2. The van der Waals surface area contributed by atoms with E-state index in [1.165, 1.54) is 6.92 Å². The van der Waals surface area contributed by atoms with Crippen LogP contribution in [-0.2, 0) is 9.53 Å². The first-order valence-electron chi connectivity index (χ1n) is 4.64. The van der Waals surface area contributed by atoms with E-state index in [1.807, 2.05) is 0 Å². The van der Waals surface area contributed by atoms with Crippen LogP contribution in [0.15, 0.2) is 18.0 Å². The van der Waals surface area contributed by atoms with Gasteiger partial charge in [-0.2, -0.15) is 4.39 Å². The summed E-state index contributed by atoms with van der Waals surface area (Å²) in [7, 11) is 0. The van der Waals surface area contributed by atoms with E-state index in [9.17, 15) is 22.4 Å². The Labute approximate surface area is 94.5 Å². The summed E-state index contributed by atoms with van der Waals surface area (Å²) in [6.45, 7) is 1.44.